The summed E-state index contributed by atoms with van der Waals surface area (Å²) in [6, 6.07) is 15.3. The first-order chi connectivity index (χ1) is 10.7. The molecule has 1 atom stereocenters. The lowest BCUT2D eigenvalue weighted by molar-refractivity contribution is -0.116. The fourth-order valence-electron chi connectivity index (χ4n) is 3.03. The van der Waals surface area contributed by atoms with Crippen LogP contribution in [-0.2, 0) is 4.79 Å². The van der Waals surface area contributed by atoms with E-state index in [1.807, 2.05) is 48.5 Å². The van der Waals surface area contributed by atoms with Crippen molar-refractivity contribution in [1.82, 2.24) is 5.32 Å². The molecule has 2 aliphatic heterocycles. The number of fused-ring (bicyclic) bond motifs is 1. The van der Waals surface area contributed by atoms with Gasteiger partial charge in [-0.2, -0.15) is 0 Å². The smallest absolute Gasteiger partial charge is 0.251 e. The number of hydrogen-bond acceptors (Lipinski definition) is 3. The summed E-state index contributed by atoms with van der Waals surface area (Å²) in [6.07, 6.45) is 0. The summed E-state index contributed by atoms with van der Waals surface area (Å²) in [5, 5.41) is 9.70. The van der Waals surface area contributed by atoms with Gasteiger partial charge in [0.25, 0.3) is 5.91 Å². The van der Waals surface area contributed by atoms with Crippen LogP contribution in [0, 0.1) is 0 Å². The van der Waals surface area contributed by atoms with Crippen molar-refractivity contribution in [2.24, 2.45) is 0 Å². The van der Waals surface area contributed by atoms with Gasteiger partial charge in [-0.05, 0) is 17.7 Å². The molecule has 0 saturated heterocycles. The summed E-state index contributed by atoms with van der Waals surface area (Å²) >= 11 is 0. The summed E-state index contributed by atoms with van der Waals surface area (Å²) < 4.78 is 0. The van der Waals surface area contributed by atoms with Gasteiger partial charge in [-0.25, -0.2) is 0 Å². The fraction of sp³-hybridized carbons (Fsp3) is 0.118. The average Bonchev–Trinajstić information content (AvgIpc) is 2.79. The second kappa shape index (κ2) is 4.95. The van der Waals surface area contributed by atoms with Crippen molar-refractivity contribution < 1.29 is 4.79 Å². The Morgan fingerprint density at radius 1 is 1.00 bits per heavy atom. The maximum Gasteiger partial charge on any atom is 0.251 e. The number of nitrogens with one attached hydrogen (secondary N) is 3. The monoisotopic (exact) mass is 287 g/mol. The minimum Gasteiger partial charge on any atom is -0.372 e. The summed E-state index contributed by atoms with van der Waals surface area (Å²) in [6.45, 7) is 0.507. The standard InChI is InChI=1S/C17H14BN3O/c18-11-6-2-1-5-10(11)16-15-14(9-19-17(15)22)20-12-7-3-4-8-13(12)21-16/h1-8,16,20-21H,9H2,(H,19,22). The number of rotatable bonds is 1. The van der Waals surface area contributed by atoms with Crippen molar-refractivity contribution in [3.63, 3.8) is 0 Å². The third-order valence-corrected chi connectivity index (χ3v) is 4.10. The number of carbonyl (C=O) groups excluding carboxylic acids is 1. The zero-order valence-corrected chi connectivity index (χ0v) is 11.9. The third-order valence-electron chi connectivity index (χ3n) is 4.10. The van der Waals surface area contributed by atoms with E-state index in [1.165, 1.54) is 0 Å². The highest BCUT2D eigenvalue weighted by atomic mass is 16.2. The predicted molar refractivity (Wildman–Crippen MR) is 88.3 cm³/mol. The van der Waals surface area contributed by atoms with E-state index in [0.29, 0.717) is 17.6 Å². The van der Waals surface area contributed by atoms with E-state index < -0.39 is 0 Å². The molecule has 5 heteroatoms. The number of anilines is 2. The second-order valence-electron chi connectivity index (χ2n) is 5.45. The van der Waals surface area contributed by atoms with E-state index in [1.54, 1.807) is 0 Å². The van der Waals surface area contributed by atoms with Crippen LogP contribution in [-0.4, -0.2) is 20.3 Å². The molecule has 4 rings (SSSR count). The Balaban J connectivity index is 1.90. The van der Waals surface area contributed by atoms with Crippen molar-refractivity contribution in [2.75, 3.05) is 17.2 Å². The molecule has 3 N–H and O–H groups in total. The molecular formula is C17H14BN3O. The van der Waals surface area contributed by atoms with E-state index in [4.69, 9.17) is 7.85 Å². The predicted octanol–water partition coefficient (Wildman–Crippen LogP) is 1.44. The van der Waals surface area contributed by atoms with Crippen LogP contribution in [0.25, 0.3) is 0 Å². The lowest BCUT2D eigenvalue weighted by atomic mass is 9.84. The van der Waals surface area contributed by atoms with E-state index >= 15 is 0 Å². The van der Waals surface area contributed by atoms with Gasteiger partial charge in [0.15, 0.2) is 0 Å². The van der Waals surface area contributed by atoms with Gasteiger partial charge >= 0.3 is 0 Å². The van der Waals surface area contributed by atoms with E-state index in [0.717, 1.165) is 22.6 Å². The molecule has 2 aliphatic rings. The molecule has 0 bridgehead atoms. The molecule has 2 heterocycles. The molecule has 0 saturated carbocycles. The quantitative estimate of drug-likeness (QED) is 0.696. The Labute approximate surface area is 130 Å². The van der Waals surface area contributed by atoms with Gasteiger partial charge < -0.3 is 16.0 Å². The molecule has 2 aromatic rings. The Hall–Kier alpha value is -2.69. The van der Waals surface area contributed by atoms with Crippen LogP contribution < -0.4 is 21.4 Å². The summed E-state index contributed by atoms with van der Waals surface area (Å²) in [7, 11) is 6.14. The van der Waals surface area contributed by atoms with Crippen LogP contribution in [0.15, 0.2) is 59.8 Å². The molecule has 1 amide bonds. The number of amides is 1. The molecule has 1 unspecified atom stereocenters. The number of carbonyl (C=O) groups is 1. The summed E-state index contributed by atoms with van der Waals surface area (Å²) in [5.74, 6) is -0.0592. The fourth-order valence-corrected chi connectivity index (χ4v) is 3.03. The maximum atomic E-state index is 12.3. The van der Waals surface area contributed by atoms with Crippen LogP contribution in [0.3, 0.4) is 0 Å². The Kier molecular flexibility index (Phi) is 2.93. The van der Waals surface area contributed by atoms with Crippen LogP contribution in [0.1, 0.15) is 11.6 Å². The van der Waals surface area contributed by atoms with Gasteiger partial charge in [-0.3, -0.25) is 4.79 Å². The average molecular weight is 287 g/mol. The topological polar surface area (TPSA) is 53.2 Å². The highest BCUT2D eigenvalue weighted by Gasteiger charge is 2.34. The number of hydrogen-bond donors (Lipinski definition) is 3. The van der Waals surface area contributed by atoms with Gasteiger partial charge in [0.05, 0.1) is 29.5 Å². The molecule has 0 aliphatic carbocycles. The van der Waals surface area contributed by atoms with Gasteiger partial charge in [0.1, 0.15) is 7.85 Å². The summed E-state index contributed by atoms with van der Waals surface area (Å²) in [5.41, 5.74) is 5.10. The minimum absolute atomic E-state index is 0.0592. The second-order valence-corrected chi connectivity index (χ2v) is 5.45. The first kappa shape index (κ1) is 13.0. The first-order valence-electron chi connectivity index (χ1n) is 7.22. The van der Waals surface area contributed by atoms with E-state index in [2.05, 4.69) is 16.0 Å². The number of benzene rings is 2. The van der Waals surface area contributed by atoms with Crippen LogP contribution in [0.2, 0.25) is 0 Å². The largest absolute Gasteiger partial charge is 0.372 e. The van der Waals surface area contributed by atoms with Crippen molar-refractivity contribution >= 4 is 30.6 Å². The Morgan fingerprint density at radius 3 is 2.55 bits per heavy atom. The first-order valence-corrected chi connectivity index (χ1v) is 7.22. The molecule has 0 spiro atoms. The van der Waals surface area contributed by atoms with Gasteiger partial charge in [0, 0.05) is 5.70 Å². The number of para-hydroxylation sites is 2. The highest BCUT2D eigenvalue weighted by molar-refractivity contribution is 6.33. The third kappa shape index (κ3) is 1.97. The molecule has 0 fully saturated rings. The lowest BCUT2D eigenvalue weighted by Gasteiger charge is -2.22. The minimum atomic E-state index is -0.269. The Bertz CT molecular complexity index is 800. The lowest BCUT2D eigenvalue weighted by Crippen LogP contribution is -2.27. The van der Waals surface area contributed by atoms with Crippen molar-refractivity contribution in [2.45, 2.75) is 6.04 Å². The molecular weight excluding hydrogens is 273 g/mol. The highest BCUT2D eigenvalue weighted by Crippen LogP contribution is 2.37. The Morgan fingerprint density at radius 2 is 1.73 bits per heavy atom. The van der Waals surface area contributed by atoms with Gasteiger partial charge in [-0.15, -0.1) is 0 Å². The summed E-state index contributed by atoms with van der Waals surface area (Å²) in [4.78, 5) is 12.3. The van der Waals surface area contributed by atoms with Crippen LogP contribution in [0.5, 0.6) is 0 Å². The van der Waals surface area contributed by atoms with Gasteiger partial charge in [0.2, 0.25) is 0 Å². The molecule has 4 nitrogen and oxygen atoms in total. The molecule has 106 valence electrons. The van der Waals surface area contributed by atoms with Crippen LogP contribution in [0.4, 0.5) is 11.4 Å². The van der Waals surface area contributed by atoms with E-state index in [9.17, 15) is 4.79 Å². The molecule has 2 radical (unpaired) electrons. The molecule has 22 heavy (non-hydrogen) atoms. The SMILES string of the molecule is [B]c1ccccc1C1Nc2ccccc2NC2=C1C(=O)NC2. The van der Waals surface area contributed by atoms with E-state index in [-0.39, 0.29) is 11.9 Å². The van der Waals surface area contributed by atoms with Gasteiger partial charge in [-0.1, -0.05) is 41.9 Å². The van der Waals surface area contributed by atoms with Crippen molar-refractivity contribution in [1.29, 1.82) is 0 Å². The normalized spacial score (nSPS) is 19.5. The maximum absolute atomic E-state index is 12.3. The van der Waals surface area contributed by atoms with Crippen molar-refractivity contribution in [3.8, 4) is 0 Å². The van der Waals surface area contributed by atoms with Crippen LogP contribution >= 0.6 is 0 Å². The zero-order valence-electron chi connectivity index (χ0n) is 11.9. The molecule has 2 aromatic carbocycles. The zero-order chi connectivity index (χ0) is 15.1. The molecule has 0 aromatic heterocycles. The van der Waals surface area contributed by atoms with Crippen molar-refractivity contribution in [3.05, 3.63) is 65.4 Å².